The number of nitrogens with two attached hydrogens (primary N) is 13. The molecular formula is C60H122N24O11. The fourth-order valence-corrected chi connectivity index (χ4v) is 9.96. The lowest BCUT2D eigenvalue weighted by molar-refractivity contribution is -0.142. The number of carboxylic acids is 1. The summed E-state index contributed by atoms with van der Waals surface area (Å²) in [4.78, 5) is 148. The maximum Gasteiger partial charge on any atom is 0.326 e. The summed E-state index contributed by atoms with van der Waals surface area (Å²) in [6, 6.07) is -12.5. The molecule has 9 amide bonds. The van der Waals surface area contributed by atoms with Crippen molar-refractivity contribution in [1.82, 2.24) is 47.9 Å². The molecule has 0 aliphatic carbocycles. The van der Waals surface area contributed by atoms with Crippen LogP contribution in [-0.4, -0.2) is 202 Å². The quantitative estimate of drug-likeness (QED) is 0.0153. The van der Waals surface area contributed by atoms with Gasteiger partial charge in [0.05, 0.1) is 6.04 Å². The van der Waals surface area contributed by atoms with Crippen molar-refractivity contribution >= 4 is 71.1 Å². The van der Waals surface area contributed by atoms with Crippen LogP contribution < -0.4 is 122 Å². The third kappa shape index (κ3) is 41.5. The number of amides is 9. The normalized spacial score (nSPS) is 14.3. The number of nitrogens with one attached hydrogen (secondary N) is 9. The summed E-state index contributed by atoms with van der Waals surface area (Å²) in [5, 5.41) is 34.4. The van der Waals surface area contributed by atoms with Gasteiger partial charge in [-0.1, -0.05) is 6.42 Å². The van der Waals surface area contributed by atoms with Gasteiger partial charge in [-0.25, -0.2) is 4.79 Å². The number of nitrogens with zero attached hydrogens (tertiary/aromatic N) is 2. The lowest BCUT2D eigenvalue weighted by atomic mass is 10.0. The minimum Gasteiger partial charge on any atom is -0.480 e. The van der Waals surface area contributed by atoms with Gasteiger partial charge in [0.2, 0.25) is 53.2 Å². The summed E-state index contributed by atoms with van der Waals surface area (Å²) < 4.78 is 0. The van der Waals surface area contributed by atoms with Gasteiger partial charge in [-0.3, -0.25) is 53.1 Å². The van der Waals surface area contributed by atoms with Gasteiger partial charge in [-0.05, 0) is 226 Å². The van der Waals surface area contributed by atoms with Crippen LogP contribution in [-0.2, 0) is 47.9 Å². The zero-order valence-electron chi connectivity index (χ0n) is 56.1. The molecule has 0 saturated heterocycles. The van der Waals surface area contributed by atoms with E-state index in [1.165, 1.54) is 0 Å². The van der Waals surface area contributed by atoms with Crippen molar-refractivity contribution in [2.24, 2.45) is 84.5 Å². The van der Waals surface area contributed by atoms with Gasteiger partial charge < -0.3 is 127 Å². The predicted molar refractivity (Wildman–Crippen MR) is 366 cm³/mol. The minimum absolute atomic E-state index is 0.0229. The van der Waals surface area contributed by atoms with E-state index in [0.717, 1.165) is 0 Å². The van der Waals surface area contributed by atoms with Crippen LogP contribution >= 0.6 is 0 Å². The van der Waals surface area contributed by atoms with Crippen LogP contribution in [0.5, 0.6) is 0 Å². The standard InChI is InChI=1S/C60H122N24O11/c61-29-9-1-19-39(69)49(85)76-40(20-2-10-30-62)50(86)82-46(27-17-37-74-59(70)71)56(92)81-44(24-6-14-34-66)54(90)79-42(22-4-12-32-64)52(88)77-41(21-3-11-31-63)51(87)78-43(23-5-13-33-65)53(89)80-45(25-7-15-35-67)55(91)83-47(28-18-38-75-60(72)73)57(93)84-48(58(94)95)26-8-16-36-68/h39-48H,1-38,61-69H2,(H,76,85)(H,77,88)(H,78,87)(H,79,90)(H,80,89)(H,81,92)(H,82,86)(H,83,91)(H,84,93)(H,94,95)(H4,70,71,74)(H4,72,73,75)/t39-,40-,41-,42-,43-,44-,45-,46-,47-,48-/m0/s1. The molecule has 0 radical (unpaired) electrons. The van der Waals surface area contributed by atoms with Crippen LogP contribution in [0, 0.1) is 0 Å². The zero-order valence-corrected chi connectivity index (χ0v) is 56.1. The Labute approximate surface area is 560 Å². The van der Waals surface area contributed by atoms with Gasteiger partial charge in [-0.2, -0.15) is 0 Å². The Hall–Kier alpha value is -7.12. The Morgan fingerprint density at radius 3 is 0.611 bits per heavy atom. The van der Waals surface area contributed by atoms with Gasteiger partial charge in [-0.15, -0.1) is 0 Å². The van der Waals surface area contributed by atoms with Crippen molar-refractivity contribution in [3.05, 3.63) is 0 Å². The van der Waals surface area contributed by atoms with Crippen molar-refractivity contribution in [2.45, 2.75) is 240 Å². The minimum atomic E-state index is -1.32. The molecule has 0 aliphatic rings. The first-order chi connectivity index (χ1) is 45.5. The number of hydrogen-bond donors (Lipinski definition) is 23. The van der Waals surface area contributed by atoms with Gasteiger partial charge in [0.25, 0.3) is 0 Å². The predicted octanol–water partition coefficient (Wildman–Crippen LogP) is -6.10. The molecule has 0 aromatic heterocycles. The van der Waals surface area contributed by atoms with Gasteiger partial charge in [0.1, 0.15) is 54.4 Å². The van der Waals surface area contributed by atoms with Crippen molar-refractivity contribution in [3.63, 3.8) is 0 Å². The first kappa shape index (κ1) is 87.9. The SMILES string of the molecule is NCCCC[C@H](NC(=O)[C@H](CCCN=C(N)N)NC(=O)[C@H](CCCCN)NC(=O)[C@H](CCCCN)NC(=O)[C@H](CCCCN)NC(=O)[C@H](CCCCN)NC(=O)[C@H](CCCCN)NC(=O)[C@H](CCCN=C(N)N)NC(=O)[C@H](CCCCN)NC(=O)[C@@H](N)CCCCN)C(=O)O. The molecule has 0 fully saturated rings. The summed E-state index contributed by atoms with van der Waals surface area (Å²) in [6.45, 7) is 2.39. The fourth-order valence-electron chi connectivity index (χ4n) is 9.96. The lowest BCUT2D eigenvalue weighted by Crippen LogP contribution is -2.60. The number of unbranched alkanes of at least 4 members (excludes halogenated alkanes) is 8. The Morgan fingerprint density at radius 1 is 0.253 bits per heavy atom. The van der Waals surface area contributed by atoms with E-state index in [1.807, 2.05) is 0 Å². The molecule has 0 spiro atoms. The molecule has 0 bridgehead atoms. The molecular weight excluding hydrogens is 1230 g/mol. The number of carboxylic acid groups (broad SMARTS) is 1. The number of hydrogen-bond acceptors (Lipinski definition) is 21. The molecule has 0 aromatic rings. The van der Waals surface area contributed by atoms with E-state index in [2.05, 4.69) is 57.8 Å². The maximum atomic E-state index is 14.7. The molecule has 35 heteroatoms. The highest BCUT2D eigenvalue weighted by atomic mass is 16.4. The van der Waals surface area contributed by atoms with E-state index in [1.54, 1.807) is 0 Å². The van der Waals surface area contributed by atoms with Crippen LogP contribution in [0.2, 0.25) is 0 Å². The number of aliphatic imine (C=N–C) groups is 2. The smallest absolute Gasteiger partial charge is 0.326 e. The fraction of sp³-hybridized carbons (Fsp3) is 0.800. The summed E-state index contributed by atoms with van der Waals surface area (Å²) >= 11 is 0. The first-order valence-corrected chi connectivity index (χ1v) is 33.9. The summed E-state index contributed by atoms with van der Waals surface area (Å²) in [5.41, 5.74) is 74.6. The molecule has 0 aromatic carbocycles. The highest BCUT2D eigenvalue weighted by Crippen LogP contribution is 2.14. The second-order valence-corrected chi connectivity index (χ2v) is 23.7. The molecule has 0 aliphatic heterocycles. The van der Waals surface area contributed by atoms with Crippen LogP contribution in [0.15, 0.2) is 9.98 Å². The lowest BCUT2D eigenvalue weighted by Gasteiger charge is -2.28. The summed E-state index contributed by atoms with van der Waals surface area (Å²) in [5.74, 6) is -8.50. The van der Waals surface area contributed by atoms with Crippen LogP contribution in [0.4, 0.5) is 0 Å². The maximum absolute atomic E-state index is 14.7. The second kappa shape index (κ2) is 55.1. The largest absolute Gasteiger partial charge is 0.480 e. The van der Waals surface area contributed by atoms with E-state index < -0.39 is 120 Å². The Balaban J connectivity index is 7.27. The van der Waals surface area contributed by atoms with E-state index in [-0.39, 0.29) is 128 Å². The summed E-state index contributed by atoms with van der Waals surface area (Å²) in [6.07, 6.45) is 7.99. The molecule has 0 saturated carbocycles. The van der Waals surface area contributed by atoms with Crippen molar-refractivity contribution in [3.8, 4) is 0 Å². The Kier molecular flexibility index (Phi) is 50.9. The van der Waals surface area contributed by atoms with Crippen LogP contribution in [0.25, 0.3) is 0 Å². The van der Waals surface area contributed by atoms with Crippen LogP contribution in [0.1, 0.15) is 180 Å². The monoisotopic (exact) mass is 1350 g/mol. The Morgan fingerprint density at radius 2 is 0.421 bits per heavy atom. The van der Waals surface area contributed by atoms with Crippen molar-refractivity contribution < 1.29 is 53.1 Å². The van der Waals surface area contributed by atoms with E-state index in [4.69, 9.17) is 74.5 Å². The summed E-state index contributed by atoms with van der Waals surface area (Å²) in [7, 11) is 0. The van der Waals surface area contributed by atoms with E-state index >= 15 is 0 Å². The number of aliphatic carboxylic acids is 1. The molecule has 0 heterocycles. The zero-order chi connectivity index (χ0) is 71.3. The van der Waals surface area contributed by atoms with E-state index in [9.17, 15) is 53.1 Å². The van der Waals surface area contributed by atoms with Crippen molar-refractivity contribution in [2.75, 3.05) is 65.4 Å². The van der Waals surface area contributed by atoms with Gasteiger partial charge in [0, 0.05) is 13.1 Å². The average Bonchev–Trinajstić information content (AvgIpc) is 1.05. The molecule has 95 heavy (non-hydrogen) atoms. The molecule has 35 nitrogen and oxygen atoms in total. The average molecular weight is 1360 g/mol. The molecule has 10 atom stereocenters. The Bertz CT molecular complexity index is 2280. The number of carbonyl (C=O) groups is 10. The highest BCUT2D eigenvalue weighted by molar-refractivity contribution is 5.98. The number of rotatable bonds is 59. The number of guanidine groups is 2. The molecule has 0 rings (SSSR count). The van der Waals surface area contributed by atoms with E-state index in [0.29, 0.717) is 129 Å². The van der Waals surface area contributed by atoms with Crippen molar-refractivity contribution in [1.29, 1.82) is 0 Å². The highest BCUT2D eigenvalue weighted by Gasteiger charge is 2.36. The third-order valence-electron chi connectivity index (χ3n) is 15.5. The molecule has 36 N–H and O–H groups in total. The number of carbonyl (C=O) groups excluding carboxylic acids is 9. The first-order valence-electron chi connectivity index (χ1n) is 33.9. The van der Waals surface area contributed by atoms with Gasteiger partial charge >= 0.3 is 5.97 Å². The topological polar surface area (TPSA) is 662 Å². The van der Waals surface area contributed by atoms with Crippen LogP contribution in [0.3, 0.4) is 0 Å². The molecule has 548 valence electrons. The second-order valence-electron chi connectivity index (χ2n) is 23.7. The molecule has 0 unspecified atom stereocenters. The third-order valence-corrected chi connectivity index (χ3v) is 15.5. The van der Waals surface area contributed by atoms with Gasteiger partial charge in [0.15, 0.2) is 11.9 Å².